The van der Waals surface area contributed by atoms with Crippen LogP contribution in [0, 0.1) is 0 Å². The molecule has 1 aromatic carbocycles. The lowest BCUT2D eigenvalue weighted by Crippen LogP contribution is -2.34. The summed E-state index contributed by atoms with van der Waals surface area (Å²) in [5.74, 6) is 4.07. The topological polar surface area (TPSA) is 157 Å². The van der Waals surface area contributed by atoms with Gasteiger partial charge in [-0.1, -0.05) is 11.8 Å². The Morgan fingerprint density at radius 1 is 1.22 bits per heavy atom. The third kappa shape index (κ3) is 5.64. The number of amides is 1. The standard InChI is InChI=1S/C16H17N5O5S/c1-9(22)10-2-4-11(5-3-10)18-13(23)8-27-16-20-19-12(6-7-14(24)25)15(26)21(16)17/h2-5H,6-8,17H2,1H3,(H,18,23)(H,24,25). The second kappa shape index (κ2) is 8.94. The minimum Gasteiger partial charge on any atom is -0.481 e. The summed E-state index contributed by atoms with van der Waals surface area (Å²) in [5, 5.41) is 18.8. The van der Waals surface area contributed by atoms with Gasteiger partial charge in [-0.05, 0) is 31.2 Å². The number of nitrogens with zero attached hydrogens (tertiary/aromatic N) is 3. The number of carboxylic acid groups (broad SMARTS) is 1. The van der Waals surface area contributed by atoms with Gasteiger partial charge in [0.25, 0.3) is 5.56 Å². The fourth-order valence-electron chi connectivity index (χ4n) is 2.02. The van der Waals surface area contributed by atoms with Crippen LogP contribution in [0.4, 0.5) is 5.69 Å². The van der Waals surface area contributed by atoms with Gasteiger partial charge in [0, 0.05) is 17.7 Å². The predicted octanol–water partition coefficient (Wildman–Crippen LogP) is 0.303. The molecule has 0 aliphatic heterocycles. The maximum absolute atomic E-state index is 12.0. The normalized spacial score (nSPS) is 10.4. The van der Waals surface area contributed by atoms with E-state index in [-0.39, 0.29) is 41.1 Å². The van der Waals surface area contributed by atoms with Crippen molar-refractivity contribution in [3.8, 4) is 0 Å². The van der Waals surface area contributed by atoms with Crippen molar-refractivity contribution in [2.75, 3.05) is 16.9 Å². The van der Waals surface area contributed by atoms with Crippen molar-refractivity contribution in [2.24, 2.45) is 0 Å². The maximum Gasteiger partial charge on any atom is 0.303 e. The third-order valence-corrected chi connectivity index (χ3v) is 4.35. The molecule has 1 aromatic heterocycles. The van der Waals surface area contributed by atoms with E-state index in [1.165, 1.54) is 6.92 Å². The number of nitrogens with one attached hydrogen (secondary N) is 1. The number of nitrogens with two attached hydrogens (primary N) is 1. The van der Waals surface area contributed by atoms with Crippen molar-refractivity contribution in [3.05, 3.63) is 45.9 Å². The summed E-state index contributed by atoms with van der Waals surface area (Å²) in [5.41, 5.74) is 0.340. The third-order valence-electron chi connectivity index (χ3n) is 3.41. The zero-order valence-corrected chi connectivity index (χ0v) is 15.2. The fraction of sp³-hybridized carbons (Fsp3) is 0.250. The Balaban J connectivity index is 1.96. The average molecular weight is 391 g/mol. The highest BCUT2D eigenvalue weighted by Gasteiger charge is 2.13. The highest BCUT2D eigenvalue weighted by atomic mass is 32.2. The van der Waals surface area contributed by atoms with Gasteiger partial charge in [-0.3, -0.25) is 19.2 Å². The molecule has 27 heavy (non-hydrogen) atoms. The van der Waals surface area contributed by atoms with Crippen molar-refractivity contribution < 1.29 is 19.5 Å². The number of anilines is 1. The van der Waals surface area contributed by atoms with E-state index in [0.29, 0.717) is 11.3 Å². The Hall–Kier alpha value is -3.21. The molecule has 0 saturated carbocycles. The van der Waals surface area contributed by atoms with Crippen LogP contribution in [-0.4, -0.2) is 43.4 Å². The van der Waals surface area contributed by atoms with Crippen molar-refractivity contribution >= 4 is 35.1 Å². The molecular formula is C16H17N5O5S. The minimum absolute atomic E-state index is 0.0288. The smallest absolute Gasteiger partial charge is 0.303 e. The lowest BCUT2D eigenvalue weighted by atomic mass is 10.1. The number of benzene rings is 1. The molecule has 10 nitrogen and oxygen atoms in total. The van der Waals surface area contributed by atoms with Crippen molar-refractivity contribution in [2.45, 2.75) is 24.9 Å². The summed E-state index contributed by atoms with van der Waals surface area (Å²) >= 11 is 0.912. The molecule has 0 radical (unpaired) electrons. The van der Waals surface area contributed by atoms with E-state index in [9.17, 15) is 19.2 Å². The molecule has 2 rings (SSSR count). The molecule has 1 amide bonds. The molecule has 142 valence electrons. The number of hydrogen-bond acceptors (Lipinski definition) is 8. The Bertz CT molecular complexity index is 926. The Kier molecular flexibility index (Phi) is 6.66. The first kappa shape index (κ1) is 20.1. The second-order valence-electron chi connectivity index (χ2n) is 5.47. The number of carboxylic acids is 1. The molecule has 0 spiro atoms. The van der Waals surface area contributed by atoms with Crippen molar-refractivity contribution in [1.82, 2.24) is 14.9 Å². The first-order chi connectivity index (χ1) is 12.8. The average Bonchev–Trinajstić information content (AvgIpc) is 2.62. The summed E-state index contributed by atoms with van der Waals surface area (Å²) < 4.78 is 0.740. The SMILES string of the molecule is CC(=O)c1ccc(NC(=O)CSc2nnc(CCC(=O)O)c(=O)n2N)cc1. The van der Waals surface area contributed by atoms with E-state index in [1.54, 1.807) is 24.3 Å². The number of Topliss-reactive ketones (excluding diaryl/α,β-unsaturated/α-hetero) is 1. The van der Waals surface area contributed by atoms with Crippen LogP contribution < -0.4 is 16.7 Å². The van der Waals surface area contributed by atoms with Crippen LogP contribution in [0.5, 0.6) is 0 Å². The van der Waals surface area contributed by atoms with E-state index in [0.717, 1.165) is 16.4 Å². The van der Waals surface area contributed by atoms with Crippen LogP contribution in [0.15, 0.2) is 34.2 Å². The fourth-order valence-corrected chi connectivity index (χ4v) is 2.67. The number of carbonyl (C=O) groups is 3. The van der Waals surface area contributed by atoms with Crippen molar-refractivity contribution in [3.63, 3.8) is 0 Å². The van der Waals surface area contributed by atoms with Gasteiger partial charge in [0.2, 0.25) is 11.1 Å². The largest absolute Gasteiger partial charge is 0.481 e. The summed E-state index contributed by atoms with van der Waals surface area (Å²) in [7, 11) is 0. The molecule has 0 unspecified atom stereocenters. The van der Waals surface area contributed by atoms with Crippen LogP contribution in [0.1, 0.15) is 29.4 Å². The monoisotopic (exact) mass is 391 g/mol. The van der Waals surface area contributed by atoms with E-state index in [1.807, 2.05) is 0 Å². The number of thioether (sulfide) groups is 1. The minimum atomic E-state index is -1.06. The molecule has 0 bridgehead atoms. The predicted molar refractivity (Wildman–Crippen MR) is 98.2 cm³/mol. The Morgan fingerprint density at radius 3 is 2.48 bits per heavy atom. The maximum atomic E-state index is 12.0. The molecular weight excluding hydrogens is 374 g/mol. The van der Waals surface area contributed by atoms with Crippen molar-refractivity contribution in [1.29, 1.82) is 0 Å². The molecule has 0 aliphatic rings. The number of hydrogen-bond donors (Lipinski definition) is 3. The van der Waals surface area contributed by atoms with Gasteiger partial charge in [0.1, 0.15) is 5.69 Å². The van der Waals surface area contributed by atoms with Crippen LogP contribution in [-0.2, 0) is 16.0 Å². The van der Waals surface area contributed by atoms with Gasteiger partial charge in [0.05, 0.1) is 12.2 Å². The molecule has 11 heteroatoms. The number of nitrogen functional groups attached to an aromatic ring is 1. The lowest BCUT2D eigenvalue weighted by Gasteiger charge is -2.08. The molecule has 1 heterocycles. The van der Waals surface area contributed by atoms with Gasteiger partial charge in [-0.25, -0.2) is 0 Å². The number of aromatic nitrogens is 3. The van der Waals surface area contributed by atoms with E-state index in [2.05, 4.69) is 15.5 Å². The van der Waals surface area contributed by atoms with Gasteiger partial charge >= 0.3 is 5.97 Å². The van der Waals surface area contributed by atoms with Crippen LogP contribution >= 0.6 is 11.8 Å². The first-order valence-corrected chi connectivity index (χ1v) is 8.75. The number of ketones is 1. The van der Waals surface area contributed by atoms with Crippen LogP contribution in [0.2, 0.25) is 0 Å². The number of aliphatic carboxylic acids is 1. The molecule has 0 saturated heterocycles. The number of aryl methyl sites for hydroxylation is 1. The quantitative estimate of drug-likeness (QED) is 0.327. The number of rotatable bonds is 8. The van der Waals surface area contributed by atoms with Gasteiger partial charge in [-0.15, -0.1) is 10.2 Å². The summed E-state index contributed by atoms with van der Waals surface area (Å²) in [6.07, 6.45) is -0.346. The molecule has 4 N–H and O–H groups in total. The van der Waals surface area contributed by atoms with E-state index >= 15 is 0 Å². The van der Waals surface area contributed by atoms with Crippen LogP contribution in [0.25, 0.3) is 0 Å². The molecule has 2 aromatic rings. The lowest BCUT2D eigenvalue weighted by molar-refractivity contribution is -0.137. The van der Waals surface area contributed by atoms with E-state index < -0.39 is 11.5 Å². The zero-order valence-electron chi connectivity index (χ0n) is 14.3. The van der Waals surface area contributed by atoms with Gasteiger partial charge < -0.3 is 16.3 Å². The summed E-state index contributed by atoms with van der Waals surface area (Å²) in [6, 6.07) is 6.42. The molecule has 0 fully saturated rings. The van der Waals surface area contributed by atoms with Crippen LogP contribution in [0.3, 0.4) is 0 Å². The highest BCUT2D eigenvalue weighted by molar-refractivity contribution is 7.99. The summed E-state index contributed by atoms with van der Waals surface area (Å²) in [6.45, 7) is 1.45. The molecule has 0 aliphatic carbocycles. The van der Waals surface area contributed by atoms with Gasteiger partial charge in [0.15, 0.2) is 5.78 Å². The second-order valence-corrected chi connectivity index (χ2v) is 6.41. The van der Waals surface area contributed by atoms with E-state index in [4.69, 9.17) is 10.9 Å². The summed E-state index contributed by atoms with van der Waals surface area (Å²) in [4.78, 5) is 45.8. The Labute approximate surface area is 157 Å². The highest BCUT2D eigenvalue weighted by Crippen LogP contribution is 2.14. The zero-order chi connectivity index (χ0) is 20.0. The first-order valence-electron chi connectivity index (χ1n) is 7.77. The Morgan fingerprint density at radius 2 is 1.89 bits per heavy atom. The number of carbonyl (C=O) groups excluding carboxylic acids is 2. The molecule has 0 atom stereocenters. The van der Waals surface area contributed by atoms with Gasteiger partial charge in [-0.2, -0.15) is 4.68 Å².